The molecule has 0 N–H and O–H groups in total. The summed E-state index contributed by atoms with van der Waals surface area (Å²) in [6.07, 6.45) is 5.37. The predicted octanol–water partition coefficient (Wildman–Crippen LogP) is 3.21. The molecule has 98 valence electrons. The summed E-state index contributed by atoms with van der Waals surface area (Å²) in [6.45, 7) is 4.76. The molecule has 2 nitrogen and oxygen atoms in total. The first kappa shape index (κ1) is 12.0. The number of hydrogen-bond acceptors (Lipinski definition) is 2. The van der Waals surface area contributed by atoms with Crippen LogP contribution in [0.4, 0.5) is 0 Å². The van der Waals surface area contributed by atoms with E-state index in [1.54, 1.807) is 7.11 Å². The monoisotopic (exact) mass is 245 g/mol. The van der Waals surface area contributed by atoms with E-state index in [0.717, 1.165) is 11.8 Å². The molecular formula is C16H23NO. The molecule has 0 radical (unpaired) electrons. The SMILES string of the molecule is CCN1CCC2(c3cccc(OC)c3)CCC1C2. The predicted molar refractivity (Wildman–Crippen MR) is 74.2 cm³/mol. The standard InChI is InChI=1S/C16H23NO/c1-3-17-10-9-16(8-7-14(17)12-16)13-5-4-6-15(11-13)18-2/h4-6,11,14H,3,7-10,12H2,1-2H3. The fraction of sp³-hybridized carbons (Fsp3) is 0.625. The van der Waals surface area contributed by atoms with Gasteiger partial charge in [0.15, 0.2) is 0 Å². The van der Waals surface area contributed by atoms with Crippen LogP contribution in [-0.2, 0) is 5.41 Å². The number of ether oxygens (including phenoxy) is 1. The summed E-state index contributed by atoms with van der Waals surface area (Å²) in [7, 11) is 1.76. The summed E-state index contributed by atoms with van der Waals surface area (Å²) >= 11 is 0. The van der Waals surface area contributed by atoms with Crippen molar-refractivity contribution in [2.45, 2.75) is 44.1 Å². The normalized spacial score (nSPS) is 31.6. The third kappa shape index (κ3) is 1.83. The van der Waals surface area contributed by atoms with Crippen molar-refractivity contribution in [2.75, 3.05) is 20.2 Å². The highest BCUT2D eigenvalue weighted by molar-refractivity contribution is 5.35. The third-order valence-corrected chi connectivity index (χ3v) is 5.06. The first-order valence-corrected chi connectivity index (χ1v) is 7.16. The van der Waals surface area contributed by atoms with Crippen LogP contribution in [0.15, 0.2) is 24.3 Å². The van der Waals surface area contributed by atoms with Gasteiger partial charge in [-0.25, -0.2) is 0 Å². The third-order valence-electron chi connectivity index (χ3n) is 5.06. The average molecular weight is 245 g/mol. The Morgan fingerprint density at radius 1 is 1.39 bits per heavy atom. The van der Waals surface area contributed by atoms with Crippen molar-refractivity contribution >= 4 is 0 Å². The van der Waals surface area contributed by atoms with Gasteiger partial charge in [0.05, 0.1) is 7.11 Å². The smallest absolute Gasteiger partial charge is 0.119 e. The Kier molecular flexibility index (Phi) is 3.06. The van der Waals surface area contributed by atoms with Gasteiger partial charge in [-0.2, -0.15) is 0 Å². The highest BCUT2D eigenvalue weighted by atomic mass is 16.5. The fourth-order valence-corrected chi connectivity index (χ4v) is 3.95. The van der Waals surface area contributed by atoms with E-state index < -0.39 is 0 Å². The van der Waals surface area contributed by atoms with Crippen LogP contribution in [0.2, 0.25) is 0 Å². The van der Waals surface area contributed by atoms with Crippen LogP contribution < -0.4 is 4.74 Å². The molecule has 2 aliphatic rings. The maximum absolute atomic E-state index is 5.38. The molecule has 2 fully saturated rings. The topological polar surface area (TPSA) is 12.5 Å². The Hall–Kier alpha value is -1.02. The number of likely N-dealkylation sites (tertiary alicyclic amines) is 1. The van der Waals surface area contributed by atoms with Gasteiger partial charge in [-0.1, -0.05) is 19.1 Å². The highest BCUT2D eigenvalue weighted by Gasteiger charge is 2.45. The lowest BCUT2D eigenvalue weighted by molar-refractivity contribution is 0.148. The molecule has 1 saturated heterocycles. The lowest BCUT2D eigenvalue weighted by atomic mass is 9.74. The van der Waals surface area contributed by atoms with E-state index in [1.165, 1.54) is 44.3 Å². The molecule has 2 bridgehead atoms. The van der Waals surface area contributed by atoms with Gasteiger partial charge >= 0.3 is 0 Å². The molecule has 1 saturated carbocycles. The highest BCUT2D eigenvalue weighted by Crippen LogP contribution is 2.49. The number of piperidine rings is 1. The van der Waals surface area contributed by atoms with Crippen molar-refractivity contribution in [2.24, 2.45) is 0 Å². The van der Waals surface area contributed by atoms with Crippen molar-refractivity contribution < 1.29 is 4.74 Å². The summed E-state index contributed by atoms with van der Waals surface area (Å²) in [6, 6.07) is 9.56. The maximum Gasteiger partial charge on any atom is 0.119 e. The zero-order chi connectivity index (χ0) is 12.6. The molecule has 1 aliphatic carbocycles. The van der Waals surface area contributed by atoms with E-state index in [4.69, 9.17) is 4.74 Å². The second-order valence-corrected chi connectivity index (χ2v) is 5.79. The van der Waals surface area contributed by atoms with Crippen molar-refractivity contribution in [3.8, 4) is 5.75 Å². The number of nitrogens with zero attached hydrogens (tertiary/aromatic N) is 1. The Labute approximate surface area is 110 Å². The van der Waals surface area contributed by atoms with E-state index in [2.05, 4.69) is 30.0 Å². The zero-order valence-corrected chi connectivity index (χ0v) is 11.5. The maximum atomic E-state index is 5.38. The summed E-state index contributed by atoms with van der Waals surface area (Å²) in [4.78, 5) is 2.66. The first-order chi connectivity index (χ1) is 8.77. The van der Waals surface area contributed by atoms with Crippen LogP contribution in [0.1, 0.15) is 38.2 Å². The minimum Gasteiger partial charge on any atom is -0.497 e. The quantitative estimate of drug-likeness (QED) is 0.811. The van der Waals surface area contributed by atoms with Crippen LogP contribution in [0.5, 0.6) is 5.75 Å². The van der Waals surface area contributed by atoms with Gasteiger partial charge in [0.2, 0.25) is 0 Å². The van der Waals surface area contributed by atoms with E-state index in [-0.39, 0.29) is 0 Å². The van der Waals surface area contributed by atoms with Crippen LogP contribution in [-0.4, -0.2) is 31.1 Å². The average Bonchev–Trinajstić information content (AvgIpc) is 2.79. The van der Waals surface area contributed by atoms with Crippen molar-refractivity contribution in [3.63, 3.8) is 0 Å². The molecule has 1 aromatic rings. The Morgan fingerprint density at radius 3 is 3.06 bits per heavy atom. The Bertz CT molecular complexity index is 431. The molecular weight excluding hydrogens is 222 g/mol. The first-order valence-electron chi connectivity index (χ1n) is 7.16. The molecule has 1 aromatic carbocycles. The number of fused-ring (bicyclic) bond motifs is 2. The van der Waals surface area contributed by atoms with Crippen LogP contribution in [0.3, 0.4) is 0 Å². The molecule has 18 heavy (non-hydrogen) atoms. The fourth-order valence-electron chi connectivity index (χ4n) is 3.95. The minimum absolute atomic E-state index is 0.435. The van der Waals surface area contributed by atoms with Crippen molar-refractivity contribution in [1.82, 2.24) is 4.90 Å². The van der Waals surface area contributed by atoms with Gasteiger partial charge in [0.25, 0.3) is 0 Å². The second kappa shape index (κ2) is 4.58. The molecule has 1 heterocycles. The van der Waals surface area contributed by atoms with Gasteiger partial charge in [-0.3, -0.25) is 0 Å². The lowest BCUT2D eigenvalue weighted by Crippen LogP contribution is -2.42. The van der Waals surface area contributed by atoms with Crippen LogP contribution in [0, 0.1) is 0 Å². The second-order valence-electron chi connectivity index (χ2n) is 5.79. The van der Waals surface area contributed by atoms with E-state index in [9.17, 15) is 0 Å². The molecule has 3 rings (SSSR count). The molecule has 2 unspecified atom stereocenters. The summed E-state index contributed by atoms with van der Waals surface area (Å²) in [5.74, 6) is 1.00. The number of methoxy groups -OCH3 is 1. The molecule has 0 spiro atoms. The number of hydrogen-bond donors (Lipinski definition) is 0. The molecule has 1 aliphatic heterocycles. The minimum atomic E-state index is 0.435. The lowest BCUT2D eigenvalue weighted by Gasteiger charge is -2.39. The van der Waals surface area contributed by atoms with Crippen LogP contribution in [0.25, 0.3) is 0 Å². The molecule has 2 atom stereocenters. The van der Waals surface area contributed by atoms with E-state index in [1.807, 2.05) is 6.07 Å². The van der Waals surface area contributed by atoms with Gasteiger partial charge in [0, 0.05) is 6.04 Å². The summed E-state index contributed by atoms with van der Waals surface area (Å²) in [5.41, 5.74) is 1.94. The largest absolute Gasteiger partial charge is 0.497 e. The van der Waals surface area contributed by atoms with Gasteiger partial charge in [-0.05, 0) is 61.9 Å². The Morgan fingerprint density at radius 2 is 2.28 bits per heavy atom. The zero-order valence-electron chi connectivity index (χ0n) is 11.5. The van der Waals surface area contributed by atoms with Gasteiger partial charge < -0.3 is 9.64 Å². The summed E-state index contributed by atoms with van der Waals surface area (Å²) < 4.78 is 5.38. The molecule has 0 aromatic heterocycles. The van der Waals surface area contributed by atoms with E-state index >= 15 is 0 Å². The van der Waals surface area contributed by atoms with Crippen molar-refractivity contribution in [3.05, 3.63) is 29.8 Å². The van der Waals surface area contributed by atoms with Crippen LogP contribution >= 0.6 is 0 Å². The number of benzene rings is 1. The number of rotatable bonds is 3. The molecule has 2 heteroatoms. The summed E-state index contributed by atoms with van der Waals surface area (Å²) in [5, 5.41) is 0. The van der Waals surface area contributed by atoms with Crippen molar-refractivity contribution in [1.29, 1.82) is 0 Å². The molecule has 0 amide bonds. The Balaban J connectivity index is 1.88. The van der Waals surface area contributed by atoms with Gasteiger partial charge in [-0.15, -0.1) is 0 Å². The van der Waals surface area contributed by atoms with E-state index in [0.29, 0.717) is 5.41 Å². The van der Waals surface area contributed by atoms with Gasteiger partial charge in [0.1, 0.15) is 5.75 Å².